The van der Waals surface area contributed by atoms with Gasteiger partial charge in [0.15, 0.2) is 0 Å². The van der Waals surface area contributed by atoms with E-state index >= 15 is 0 Å². The molecule has 2 amide bonds. The predicted octanol–water partition coefficient (Wildman–Crippen LogP) is 3.82. The number of rotatable bonds is 3. The summed E-state index contributed by atoms with van der Waals surface area (Å²) in [6.45, 7) is 3.91. The first-order valence-electron chi connectivity index (χ1n) is 6.94. The van der Waals surface area contributed by atoms with Gasteiger partial charge in [-0.1, -0.05) is 12.6 Å². The summed E-state index contributed by atoms with van der Waals surface area (Å²) >= 11 is 0. The standard InChI is InChI=1S/C17H17N3O2/c1-11-8-12-9-14(6-7-16(12)18-11)20-17(21)19-13-4-3-5-15(10-13)22-2/h3-7,9-10,18H,1,8H2,2H3,(H2,19,20,21). The molecule has 0 saturated heterocycles. The van der Waals surface area contributed by atoms with E-state index in [1.165, 1.54) is 0 Å². The van der Waals surface area contributed by atoms with E-state index in [1.54, 1.807) is 19.2 Å². The molecule has 0 atom stereocenters. The van der Waals surface area contributed by atoms with E-state index < -0.39 is 0 Å². The van der Waals surface area contributed by atoms with E-state index in [1.807, 2.05) is 30.3 Å². The first kappa shape index (κ1) is 14.0. The van der Waals surface area contributed by atoms with Crippen LogP contribution in [-0.4, -0.2) is 13.1 Å². The van der Waals surface area contributed by atoms with Crippen LogP contribution in [0.4, 0.5) is 21.9 Å². The fraction of sp³-hybridized carbons (Fsp3) is 0.118. The van der Waals surface area contributed by atoms with E-state index in [2.05, 4.69) is 22.5 Å². The second-order valence-corrected chi connectivity index (χ2v) is 5.09. The average Bonchev–Trinajstić information content (AvgIpc) is 2.86. The first-order chi connectivity index (χ1) is 10.6. The molecule has 0 saturated carbocycles. The second kappa shape index (κ2) is 5.81. The summed E-state index contributed by atoms with van der Waals surface area (Å²) < 4.78 is 5.13. The van der Waals surface area contributed by atoms with Gasteiger partial charge >= 0.3 is 6.03 Å². The smallest absolute Gasteiger partial charge is 0.323 e. The van der Waals surface area contributed by atoms with Gasteiger partial charge in [0.2, 0.25) is 0 Å². The number of urea groups is 1. The molecule has 22 heavy (non-hydrogen) atoms. The van der Waals surface area contributed by atoms with Crippen LogP contribution in [0, 0.1) is 0 Å². The Balaban J connectivity index is 1.67. The molecular formula is C17H17N3O2. The van der Waals surface area contributed by atoms with Gasteiger partial charge in [0, 0.05) is 35.2 Å². The van der Waals surface area contributed by atoms with Crippen molar-refractivity contribution in [2.75, 3.05) is 23.1 Å². The summed E-state index contributed by atoms with van der Waals surface area (Å²) in [5, 5.41) is 8.80. The van der Waals surface area contributed by atoms with Gasteiger partial charge in [0.1, 0.15) is 5.75 Å². The van der Waals surface area contributed by atoms with Crippen molar-refractivity contribution in [3.05, 3.63) is 60.3 Å². The molecule has 5 heteroatoms. The molecule has 0 radical (unpaired) electrons. The normalized spacial score (nSPS) is 12.3. The van der Waals surface area contributed by atoms with Gasteiger partial charge in [-0.15, -0.1) is 0 Å². The quantitative estimate of drug-likeness (QED) is 0.806. The van der Waals surface area contributed by atoms with E-state index in [4.69, 9.17) is 4.74 Å². The summed E-state index contributed by atoms with van der Waals surface area (Å²) in [6.07, 6.45) is 0.780. The minimum absolute atomic E-state index is 0.294. The van der Waals surface area contributed by atoms with Gasteiger partial charge in [0.05, 0.1) is 7.11 Å². The number of benzene rings is 2. The Labute approximate surface area is 129 Å². The number of hydrogen-bond donors (Lipinski definition) is 3. The third-order valence-corrected chi connectivity index (χ3v) is 3.41. The van der Waals surface area contributed by atoms with Crippen LogP contribution in [0.2, 0.25) is 0 Å². The highest BCUT2D eigenvalue weighted by molar-refractivity contribution is 6.00. The molecule has 1 heterocycles. The fourth-order valence-electron chi connectivity index (χ4n) is 2.40. The van der Waals surface area contributed by atoms with Crippen LogP contribution >= 0.6 is 0 Å². The molecule has 1 aliphatic rings. The van der Waals surface area contributed by atoms with Crippen molar-refractivity contribution in [3.63, 3.8) is 0 Å². The van der Waals surface area contributed by atoms with Crippen molar-refractivity contribution in [1.82, 2.24) is 0 Å². The topological polar surface area (TPSA) is 62.4 Å². The SMILES string of the molecule is C=C1Cc2cc(NC(=O)Nc3cccc(OC)c3)ccc2N1. The van der Waals surface area contributed by atoms with Gasteiger partial charge < -0.3 is 20.7 Å². The molecule has 5 nitrogen and oxygen atoms in total. The third kappa shape index (κ3) is 3.03. The summed E-state index contributed by atoms with van der Waals surface area (Å²) in [5.41, 5.74) is 4.56. The largest absolute Gasteiger partial charge is 0.497 e. The van der Waals surface area contributed by atoms with Crippen molar-refractivity contribution in [2.45, 2.75) is 6.42 Å². The minimum atomic E-state index is -0.294. The zero-order chi connectivity index (χ0) is 15.5. The highest BCUT2D eigenvalue weighted by Gasteiger charge is 2.14. The number of fused-ring (bicyclic) bond motifs is 1. The van der Waals surface area contributed by atoms with Crippen LogP contribution in [0.1, 0.15) is 5.56 Å². The van der Waals surface area contributed by atoms with Crippen LogP contribution < -0.4 is 20.7 Å². The van der Waals surface area contributed by atoms with Crippen LogP contribution in [0.25, 0.3) is 0 Å². The monoisotopic (exact) mass is 295 g/mol. The molecule has 0 aromatic heterocycles. The van der Waals surface area contributed by atoms with E-state index in [0.717, 1.165) is 29.1 Å². The van der Waals surface area contributed by atoms with E-state index in [-0.39, 0.29) is 6.03 Å². The van der Waals surface area contributed by atoms with E-state index in [9.17, 15) is 4.79 Å². The summed E-state index contributed by atoms with van der Waals surface area (Å²) in [7, 11) is 1.59. The molecule has 112 valence electrons. The van der Waals surface area contributed by atoms with Crippen molar-refractivity contribution in [3.8, 4) is 5.75 Å². The predicted molar refractivity (Wildman–Crippen MR) is 88.5 cm³/mol. The van der Waals surface area contributed by atoms with Crippen molar-refractivity contribution in [2.24, 2.45) is 0 Å². The molecular weight excluding hydrogens is 278 g/mol. The number of amides is 2. The zero-order valence-corrected chi connectivity index (χ0v) is 12.3. The number of anilines is 3. The lowest BCUT2D eigenvalue weighted by molar-refractivity contribution is 0.262. The lowest BCUT2D eigenvalue weighted by Crippen LogP contribution is -2.19. The number of allylic oxidation sites excluding steroid dienone is 1. The summed E-state index contributed by atoms with van der Waals surface area (Å²) in [4.78, 5) is 12.0. The number of nitrogens with one attached hydrogen (secondary N) is 3. The Kier molecular flexibility index (Phi) is 3.70. The maximum Gasteiger partial charge on any atom is 0.323 e. The lowest BCUT2D eigenvalue weighted by atomic mass is 10.1. The lowest BCUT2D eigenvalue weighted by Gasteiger charge is -2.09. The fourth-order valence-corrected chi connectivity index (χ4v) is 2.40. The highest BCUT2D eigenvalue weighted by Crippen LogP contribution is 2.29. The Morgan fingerprint density at radius 1 is 1.18 bits per heavy atom. The van der Waals surface area contributed by atoms with Crippen molar-refractivity contribution >= 4 is 23.1 Å². The Morgan fingerprint density at radius 2 is 1.95 bits per heavy atom. The van der Waals surface area contributed by atoms with E-state index in [0.29, 0.717) is 11.4 Å². The molecule has 2 aromatic rings. The van der Waals surface area contributed by atoms with Crippen LogP contribution in [0.15, 0.2) is 54.7 Å². The van der Waals surface area contributed by atoms with Gasteiger partial charge in [-0.05, 0) is 35.9 Å². The second-order valence-electron chi connectivity index (χ2n) is 5.09. The molecule has 0 fully saturated rings. The van der Waals surface area contributed by atoms with Crippen molar-refractivity contribution < 1.29 is 9.53 Å². The summed E-state index contributed by atoms with van der Waals surface area (Å²) in [6, 6.07) is 12.7. The van der Waals surface area contributed by atoms with Crippen molar-refractivity contribution in [1.29, 1.82) is 0 Å². The Hall–Kier alpha value is -2.95. The summed E-state index contributed by atoms with van der Waals surface area (Å²) in [5.74, 6) is 0.694. The molecule has 0 bridgehead atoms. The van der Waals surface area contributed by atoms with Gasteiger partial charge in [-0.2, -0.15) is 0 Å². The minimum Gasteiger partial charge on any atom is -0.497 e. The van der Waals surface area contributed by atoms with Crippen LogP contribution in [-0.2, 0) is 6.42 Å². The zero-order valence-electron chi connectivity index (χ0n) is 12.3. The average molecular weight is 295 g/mol. The highest BCUT2D eigenvalue weighted by atomic mass is 16.5. The van der Waals surface area contributed by atoms with Gasteiger partial charge in [-0.3, -0.25) is 0 Å². The van der Waals surface area contributed by atoms with Crippen LogP contribution in [0.5, 0.6) is 5.75 Å². The molecule has 1 aliphatic heterocycles. The number of ether oxygens (including phenoxy) is 1. The van der Waals surface area contributed by atoms with Gasteiger partial charge in [0.25, 0.3) is 0 Å². The van der Waals surface area contributed by atoms with Gasteiger partial charge in [-0.25, -0.2) is 4.79 Å². The number of methoxy groups -OCH3 is 1. The van der Waals surface area contributed by atoms with Crippen LogP contribution in [0.3, 0.4) is 0 Å². The third-order valence-electron chi connectivity index (χ3n) is 3.41. The number of hydrogen-bond acceptors (Lipinski definition) is 3. The number of carbonyl (C=O) groups is 1. The number of carbonyl (C=O) groups excluding carboxylic acids is 1. The molecule has 0 unspecified atom stereocenters. The first-order valence-corrected chi connectivity index (χ1v) is 6.94. The molecule has 0 spiro atoms. The maximum atomic E-state index is 12.0. The molecule has 3 N–H and O–H groups in total. The Bertz CT molecular complexity index is 740. The Morgan fingerprint density at radius 3 is 2.73 bits per heavy atom. The molecule has 3 rings (SSSR count). The maximum absolute atomic E-state index is 12.0. The molecule has 2 aromatic carbocycles. The molecule has 0 aliphatic carbocycles.